The van der Waals surface area contributed by atoms with Gasteiger partial charge in [-0.3, -0.25) is 0 Å². The number of rotatable bonds is 2. The summed E-state index contributed by atoms with van der Waals surface area (Å²) in [4.78, 5) is 0. The molecule has 1 aliphatic carbocycles. The van der Waals surface area contributed by atoms with Crippen molar-refractivity contribution < 1.29 is 14.6 Å². The molecule has 2 aromatic carbocycles. The molecule has 0 spiro atoms. The van der Waals surface area contributed by atoms with Gasteiger partial charge in [-0.05, 0) is 42.2 Å². The van der Waals surface area contributed by atoms with Crippen molar-refractivity contribution in [2.75, 3.05) is 5.32 Å². The predicted octanol–water partition coefficient (Wildman–Crippen LogP) is 3.34. The Labute approximate surface area is 110 Å². The smallest absolute Gasteiger partial charge is 0.166 e. The lowest BCUT2D eigenvalue weighted by molar-refractivity contribution is 0.432. The van der Waals surface area contributed by atoms with Gasteiger partial charge in [-0.15, -0.1) is 0 Å². The number of hydrogen-bond acceptors (Lipinski definition) is 3. The molecule has 3 N–H and O–H groups in total. The van der Waals surface area contributed by atoms with Crippen LogP contribution in [0.1, 0.15) is 23.6 Å². The van der Waals surface area contributed by atoms with E-state index in [0.29, 0.717) is 11.4 Å². The molecule has 1 atom stereocenters. The van der Waals surface area contributed by atoms with Crippen molar-refractivity contribution in [3.63, 3.8) is 0 Å². The van der Waals surface area contributed by atoms with Crippen LogP contribution < -0.4 is 5.32 Å². The van der Waals surface area contributed by atoms with E-state index in [1.54, 1.807) is 12.1 Å². The number of phenols is 2. The zero-order valence-corrected chi connectivity index (χ0v) is 10.2. The van der Waals surface area contributed by atoms with Gasteiger partial charge in [0.1, 0.15) is 5.75 Å². The van der Waals surface area contributed by atoms with Crippen molar-refractivity contribution in [1.29, 1.82) is 0 Å². The molecule has 0 saturated carbocycles. The van der Waals surface area contributed by atoms with Gasteiger partial charge in [-0.25, -0.2) is 4.39 Å². The molecule has 98 valence electrons. The summed E-state index contributed by atoms with van der Waals surface area (Å²) >= 11 is 0. The van der Waals surface area contributed by atoms with Gasteiger partial charge in [0.05, 0.1) is 6.04 Å². The number of hydrogen-bond donors (Lipinski definition) is 3. The maximum Gasteiger partial charge on any atom is 0.166 e. The highest BCUT2D eigenvalue weighted by Gasteiger charge is 2.24. The Morgan fingerprint density at radius 3 is 2.74 bits per heavy atom. The molecule has 0 bridgehead atoms. The fourth-order valence-corrected chi connectivity index (χ4v) is 2.58. The van der Waals surface area contributed by atoms with E-state index >= 15 is 0 Å². The summed E-state index contributed by atoms with van der Waals surface area (Å²) in [6, 6.07) is 9.76. The highest BCUT2D eigenvalue weighted by molar-refractivity contribution is 5.52. The van der Waals surface area contributed by atoms with Gasteiger partial charge in [0.25, 0.3) is 0 Å². The van der Waals surface area contributed by atoms with Crippen LogP contribution in [-0.4, -0.2) is 10.2 Å². The Kier molecular flexibility index (Phi) is 2.78. The SMILES string of the molecule is Oc1ccc(NC2CCc3c(O)cccc32)cc1F. The Morgan fingerprint density at radius 2 is 1.95 bits per heavy atom. The van der Waals surface area contributed by atoms with Crippen molar-refractivity contribution in [2.24, 2.45) is 0 Å². The van der Waals surface area contributed by atoms with Crippen molar-refractivity contribution >= 4 is 5.69 Å². The first-order valence-electron chi connectivity index (χ1n) is 6.21. The first kappa shape index (κ1) is 11.8. The fraction of sp³-hybridized carbons (Fsp3) is 0.200. The zero-order valence-electron chi connectivity index (χ0n) is 10.2. The van der Waals surface area contributed by atoms with Gasteiger partial charge >= 0.3 is 0 Å². The third-order valence-corrected chi connectivity index (χ3v) is 3.53. The summed E-state index contributed by atoms with van der Waals surface area (Å²) in [6.07, 6.45) is 1.66. The second kappa shape index (κ2) is 4.46. The lowest BCUT2D eigenvalue weighted by atomic mass is 10.1. The average molecular weight is 259 g/mol. The quantitative estimate of drug-likeness (QED) is 0.725. The molecule has 1 aliphatic rings. The first-order chi connectivity index (χ1) is 9.15. The highest BCUT2D eigenvalue weighted by atomic mass is 19.1. The largest absolute Gasteiger partial charge is 0.508 e. The molecule has 0 heterocycles. The Balaban J connectivity index is 1.86. The zero-order chi connectivity index (χ0) is 13.4. The third-order valence-electron chi connectivity index (χ3n) is 3.53. The summed E-state index contributed by atoms with van der Waals surface area (Å²) in [5, 5.41) is 22.2. The molecule has 3 nitrogen and oxygen atoms in total. The van der Waals surface area contributed by atoms with Crippen molar-refractivity contribution in [3.8, 4) is 11.5 Å². The first-order valence-corrected chi connectivity index (χ1v) is 6.21. The molecular formula is C15H14FNO2. The minimum Gasteiger partial charge on any atom is -0.508 e. The lowest BCUT2D eigenvalue weighted by Gasteiger charge is -2.16. The molecule has 3 rings (SSSR count). The van der Waals surface area contributed by atoms with Crippen LogP contribution in [0.25, 0.3) is 0 Å². The number of anilines is 1. The Morgan fingerprint density at radius 1 is 1.11 bits per heavy atom. The molecule has 4 heteroatoms. The van der Waals surface area contributed by atoms with Crippen molar-refractivity contribution in [2.45, 2.75) is 18.9 Å². The van der Waals surface area contributed by atoms with Gasteiger partial charge in [-0.1, -0.05) is 12.1 Å². The minimum absolute atomic E-state index is 0.0612. The molecule has 0 fully saturated rings. The fourth-order valence-electron chi connectivity index (χ4n) is 2.58. The Hall–Kier alpha value is -2.23. The average Bonchev–Trinajstić information content (AvgIpc) is 2.79. The van der Waals surface area contributed by atoms with Crippen LogP contribution in [-0.2, 0) is 6.42 Å². The maximum absolute atomic E-state index is 13.3. The van der Waals surface area contributed by atoms with E-state index in [0.717, 1.165) is 24.0 Å². The molecule has 0 amide bonds. The summed E-state index contributed by atoms with van der Waals surface area (Å²) in [5.41, 5.74) is 2.63. The third kappa shape index (κ3) is 2.10. The number of nitrogens with one attached hydrogen (secondary N) is 1. The normalized spacial score (nSPS) is 17.2. The molecule has 0 radical (unpaired) electrons. The summed E-state index contributed by atoms with van der Waals surface area (Å²) in [6.45, 7) is 0. The van der Waals surface area contributed by atoms with Gasteiger partial charge in [0.15, 0.2) is 11.6 Å². The van der Waals surface area contributed by atoms with Crippen LogP contribution >= 0.6 is 0 Å². The summed E-state index contributed by atoms with van der Waals surface area (Å²) in [7, 11) is 0. The van der Waals surface area contributed by atoms with Crippen molar-refractivity contribution in [3.05, 3.63) is 53.3 Å². The Bertz CT molecular complexity index is 628. The number of benzene rings is 2. The number of phenolic OH excluding ortho intramolecular Hbond substituents is 2. The predicted molar refractivity (Wildman–Crippen MR) is 70.9 cm³/mol. The molecule has 0 aliphatic heterocycles. The topological polar surface area (TPSA) is 52.5 Å². The van der Waals surface area contributed by atoms with Crippen LogP contribution in [0.4, 0.5) is 10.1 Å². The van der Waals surface area contributed by atoms with Gasteiger partial charge in [0.2, 0.25) is 0 Å². The summed E-state index contributed by atoms with van der Waals surface area (Å²) < 4.78 is 13.3. The number of aromatic hydroxyl groups is 2. The van der Waals surface area contributed by atoms with E-state index in [4.69, 9.17) is 5.11 Å². The number of fused-ring (bicyclic) bond motifs is 1. The van der Waals surface area contributed by atoms with E-state index in [-0.39, 0.29) is 11.8 Å². The van der Waals surface area contributed by atoms with Crippen LogP contribution in [0.2, 0.25) is 0 Å². The molecule has 1 unspecified atom stereocenters. The van der Waals surface area contributed by atoms with Crippen LogP contribution in [0.3, 0.4) is 0 Å². The summed E-state index contributed by atoms with van der Waals surface area (Å²) in [5.74, 6) is -0.673. The minimum atomic E-state index is -0.640. The van der Waals surface area contributed by atoms with Gasteiger partial charge in [-0.2, -0.15) is 0 Å². The molecular weight excluding hydrogens is 245 g/mol. The van der Waals surface area contributed by atoms with E-state index in [2.05, 4.69) is 5.32 Å². The lowest BCUT2D eigenvalue weighted by Crippen LogP contribution is -2.07. The van der Waals surface area contributed by atoms with Crippen molar-refractivity contribution in [1.82, 2.24) is 0 Å². The van der Waals surface area contributed by atoms with E-state index in [1.165, 1.54) is 12.1 Å². The molecule has 2 aromatic rings. The maximum atomic E-state index is 13.3. The van der Waals surface area contributed by atoms with Gasteiger partial charge < -0.3 is 15.5 Å². The van der Waals surface area contributed by atoms with E-state index in [9.17, 15) is 9.50 Å². The van der Waals surface area contributed by atoms with E-state index in [1.807, 2.05) is 12.1 Å². The number of halogens is 1. The highest BCUT2D eigenvalue weighted by Crippen LogP contribution is 2.38. The monoisotopic (exact) mass is 259 g/mol. The van der Waals surface area contributed by atoms with Crippen LogP contribution in [0, 0.1) is 5.82 Å². The second-order valence-electron chi connectivity index (χ2n) is 4.75. The van der Waals surface area contributed by atoms with E-state index < -0.39 is 5.82 Å². The van der Waals surface area contributed by atoms with Crippen LogP contribution in [0.15, 0.2) is 36.4 Å². The molecule has 19 heavy (non-hydrogen) atoms. The van der Waals surface area contributed by atoms with Gasteiger partial charge in [0, 0.05) is 11.8 Å². The molecule has 0 aromatic heterocycles. The standard InChI is InChI=1S/C15H14FNO2/c16-12-8-9(4-7-15(12)19)17-13-6-5-11-10(13)2-1-3-14(11)18/h1-4,7-8,13,17-19H,5-6H2. The van der Waals surface area contributed by atoms with Crippen LogP contribution in [0.5, 0.6) is 11.5 Å². The molecule has 0 saturated heterocycles. The second-order valence-corrected chi connectivity index (χ2v) is 4.75.